The molecule has 0 radical (unpaired) electrons. The van der Waals surface area contributed by atoms with E-state index in [2.05, 4.69) is 6.92 Å². The molecule has 0 aliphatic carbocycles. The molecule has 0 saturated heterocycles. The summed E-state index contributed by atoms with van der Waals surface area (Å²) < 4.78 is 0. The van der Waals surface area contributed by atoms with E-state index in [4.69, 9.17) is 5.11 Å². The summed E-state index contributed by atoms with van der Waals surface area (Å²) in [6, 6.07) is 0. The second-order valence-electron chi connectivity index (χ2n) is 8.03. The molecule has 0 heterocycles. The molecule has 1 unspecified atom stereocenters. The highest BCUT2D eigenvalue weighted by molar-refractivity contribution is 5.66. The van der Waals surface area contributed by atoms with Crippen LogP contribution in [0.2, 0.25) is 0 Å². The fraction of sp³-hybridized carbons (Fsp3) is 0.957. The summed E-state index contributed by atoms with van der Waals surface area (Å²) in [5, 5.41) is 18.6. The monoisotopic (exact) mass is 370 g/mol. The maximum atomic E-state index is 10.4. The minimum absolute atomic E-state index is 0.128. The van der Waals surface area contributed by atoms with E-state index >= 15 is 0 Å². The van der Waals surface area contributed by atoms with Crippen molar-refractivity contribution >= 4 is 5.97 Å². The fourth-order valence-electron chi connectivity index (χ4n) is 3.55. The Morgan fingerprint density at radius 3 is 1.35 bits per heavy atom. The average molecular weight is 371 g/mol. The molecule has 0 aromatic rings. The topological polar surface area (TPSA) is 57.5 Å². The van der Waals surface area contributed by atoms with Crippen LogP contribution in [0, 0.1) is 0 Å². The Labute approximate surface area is 163 Å². The maximum Gasteiger partial charge on any atom is 0.303 e. The number of aliphatic carboxylic acids is 1. The van der Waals surface area contributed by atoms with Crippen molar-refractivity contribution < 1.29 is 15.0 Å². The zero-order valence-electron chi connectivity index (χ0n) is 17.5. The van der Waals surface area contributed by atoms with Crippen molar-refractivity contribution in [2.24, 2.45) is 0 Å². The fourth-order valence-corrected chi connectivity index (χ4v) is 3.55. The smallest absolute Gasteiger partial charge is 0.303 e. The van der Waals surface area contributed by atoms with Gasteiger partial charge in [-0.05, 0) is 19.3 Å². The van der Waals surface area contributed by atoms with Gasteiger partial charge in [0.25, 0.3) is 0 Å². The van der Waals surface area contributed by atoms with Crippen LogP contribution in [0.15, 0.2) is 0 Å². The summed E-state index contributed by atoms with van der Waals surface area (Å²) in [4.78, 5) is 10.4. The van der Waals surface area contributed by atoms with E-state index in [9.17, 15) is 9.90 Å². The molecule has 0 aromatic heterocycles. The number of carboxylic acids is 1. The van der Waals surface area contributed by atoms with Crippen LogP contribution in [-0.2, 0) is 4.79 Å². The predicted octanol–water partition coefficient (Wildman–Crippen LogP) is 7.25. The minimum Gasteiger partial charge on any atom is -0.481 e. The van der Waals surface area contributed by atoms with E-state index in [1.807, 2.05) is 0 Å². The second-order valence-corrected chi connectivity index (χ2v) is 8.03. The molecule has 0 fully saturated rings. The van der Waals surface area contributed by atoms with E-state index in [1.165, 1.54) is 70.6 Å². The number of carboxylic acid groups (broad SMARTS) is 1. The van der Waals surface area contributed by atoms with Crippen LogP contribution in [0.25, 0.3) is 0 Å². The first-order chi connectivity index (χ1) is 12.7. The third kappa shape index (κ3) is 21.5. The number of aliphatic hydroxyl groups excluding tert-OH is 1. The highest BCUT2D eigenvalue weighted by Crippen LogP contribution is 2.15. The summed E-state index contributed by atoms with van der Waals surface area (Å²) >= 11 is 0. The quantitative estimate of drug-likeness (QED) is 0.209. The van der Waals surface area contributed by atoms with E-state index in [1.54, 1.807) is 0 Å². The Morgan fingerprint density at radius 1 is 0.615 bits per heavy atom. The van der Waals surface area contributed by atoms with Crippen molar-refractivity contribution in [3.8, 4) is 0 Å². The van der Waals surface area contributed by atoms with Gasteiger partial charge in [0, 0.05) is 6.42 Å². The first-order valence-corrected chi connectivity index (χ1v) is 11.6. The SMILES string of the molecule is CCCCCCCCCCCCCCC(O)CCCCCCCC(=O)O. The Kier molecular flexibility index (Phi) is 20.3. The van der Waals surface area contributed by atoms with E-state index in [0.29, 0.717) is 6.42 Å². The van der Waals surface area contributed by atoms with Gasteiger partial charge in [-0.1, -0.05) is 110 Å². The van der Waals surface area contributed by atoms with Crippen LogP contribution in [0.5, 0.6) is 0 Å². The number of rotatable bonds is 21. The largest absolute Gasteiger partial charge is 0.481 e. The zero-order chi connectivity index (χ0) is 19.3. The third-order valence-electron chi connectivity index (χ3n) is 5.32. The normalized spacial score (nSPS) is 12.4. The van der Waals surface area contributed by atoms with E-state index < -0.39 is 5.97 Å². The van der Waals surface area contributed by atoms with Gasteiger partial charge in [0.05, 0.1) is 6.10 Å². The number of unbranched alkanes of at least 4 members (excludes halogenated alkanes) is 15. The molecular weight excluding hydrogens is 324 g/mol. The van der Waals surface area contributed by atoms with Crippen molar-refractivity contribution in [3.05, 3.63) is 0 Å². The van der Waals surface area contributed by atoms with Crippen molar-refractivity contribution in [2.75, 3.05) is 0 Å². The van der Waals surface area contributed by atoms with E-state index in [0.717, 1.165) is 51.4 Å². The molecule has 0 aliphatic heterocycles. The van der Waals surface area contributed by atoms with Crippen molar-refractivity contribution in [3.63, 3.8) is 0 Å². The van der Waals surface area contributed by atoms with Gasteiger partial charge >= 0.3 is 5.97 Å². The van der Waals surface area contributed by atoms with E-state index in [-0.39, 0.29) is 6.10 Å². The van der Waals surface area contributed by atoms with Crippen LogP contribution < -0.4 is 0 Å². The summed E-state index contributed by atoms with van der Waals surface area (Å²) in [7, 11) is 0. The first kappa shape index (κ1) is 25.4. The van der Waals surface area contributed by atoms with Gasteiger partial charge in [0.2, 0.25) is 0 Å². The number of carbonyl (C=O) groups is 1. The lowest BCUT2D eigenvalue weighted by Gasteiger charge is -2.10. The second kappa shape index (κ2) is 20.7. The summed E-state index contributed by atoms with van der Waals surface area (Å²) in [5.74, 6) is -0.692. The molecule has 0 bridgehead atoms. The predicted molar refractivity (Wildman–Crippen MR) is 112 cm³/mol. The number of hydrogen-bond donors (Lipinski definition) is 2. The zero-order valence-corrected chi connectivity index (χ0v) is 17.5. The highest BCUT2D eigenvalue weighted by atomic mass is 16.4. The maximum absolute atomic E-state index is 10.4. The van der Waals surface area contributed by atoms with Crippen molar-refractivity contribution in [1.82, 2.24) is 0 Å². The van der Waals surface area contributed by atoms with Gasteiger partial charge in [0.15, 0.2) is 0 Å². The molecular formula is C23H46O3. The van der Waals surface area contributed by atoms with Gasteiger partial charge in [-0.2, -0.15) is 0 Å². The molecule has 26 heavy (non-hydrogen) atoms. The first-order valence-electron chi connectivity index (χ1n) is 11.6. The molecule has 0 amide bonds. The van der Waals surface area contributed by atoms with Crippen molar-refractivity contribution in [1.29, 1.82) is 0 Å². The van der Waals surface area contributed by atoms with Crippen LogP contribution in [0.1, 0.15) is 135 Å². The lowest BCUT2D eigenvalue weighted by Crippen LogP contribution is -2.05. The Hall–Kier alpha value is -0.570. The molecule has 3 nitrogen and oxygen atoms in total. The summed E-state index contributed by atoms with van der Waals surface area (Å²) in [6.45, 7) is 2.27. The summed E-state index contributed by atoms with van der Waals surface area (Å²) in [6.07, 6.45) is 23.4. The number of aliphatic hydroxyl groups is 1. The minimum atomic E-state index is -0.692. The highest BCUT2D eigenvalue weighted by Gasteiger charge is 2.04. The lowest BCUT2D eigenvalue weighted by molar-refractivity contribution is -0.137. The third-order valence-corrected chi connectivity index (χ3v) is 5.32. The Balaban J connectivity index is 3.15. The van der Waals surface area contributed by atoms with Gasteiger partial charge in [-0.25, -0.2) is 0 Å². The molecule has 156 valence electrons. The van der Waals surface area contributed by atoms with Crippen LogP contribution in [0.4, 0.5) is 0 Å². The molecule has 0 aromatic carbocycles. The van der Waals surface area contributed by atoms with Crippen molar-refractivity contribution in [2.45, 2.75) is 141 Å². The standard InChI is InChI=1S/C23H46O3/c1-2-3-4-5-6-7-8-9-10-11-13-16-19-22(24)20-17-14-12-15-18-21-23(25)26/h22,24H,2-21H2,1H3,(H,25,26). The van der Waals surface area contributed by atoms with Crippen LogP contribution >= 0.6 is 0 Å². The summed E-state index contributed by atoms with van der Waals surface area (Å²) in [5.41, 5.74) is 0. The van der Waals surface area contributed by atoms with Gasteiger partial charge in [-0.15, -0.1) is 0 Å². The average Bonchev–Trinajstić information content (AvgIpc) is 2.61. The van der Waals surface area contributed by atoms with Gasteiger partial charge in [-0.3, -0.25) is 4.79 Å². The molecule has 0 spiro atoms. The molecule has 1 atom stereocenters. The molecule has 3 heteroatoms. The Bertz CT molecular complexity index is 291. The Morgan fingerprint density at radius 2 is 0.962 bits per heavy atom. The molecule has 2 N–H and O–H groups in total. The molecule has 0 aliphatic rings. The van der Waals surface area contributed by atoms with Crippen LogP contribution in [-0.4, -0.2) is 22.3 Å². The lowest BCUT2D eigenvalue weighted by atomic mass is 10.0. The van der Waals surface area contributed by atoms with Gasteiger partial charge < -0.3 is 10.2 Å². The molecule has 0 saturated carbocycles. The van der Waals surface area contributed by atoms with Crippen LogP contribution in [0.3, 0.4) is 0 Å². The van der Waals surface area contributed by atoms with Gasteiger partial charge in [0.1, 0.15) is 0 Å². The molecule has 0 rings (SSSR count). The number of hydrogen-bond acceptors (Lipinski definition) is 2.